The van der Waals surface area contributed by atoms with Crippen molar-refractivity contribution in [1.29, 1.82) is 0 Å². The van der Waals surface area contributed by atoms with Crippen LogP contribution < -0.4 is 4.74 Å². The molecule has 2 atom stereocenters. The Hall–Kier alpha value is -2.94. The number of fused-ring (bicyclic) bond motifs is 2. The van der Waals surface area contributed by atoms with Crippen LogP contribution in [0.15, 0.2) is 77.7 Å². The summed E-state index contributed by atoms with van der Waals surface area (Å²) in [5.74, 6) is -0.433. The quantitative estimate of drug-likeness (QED) is 0.292. The second kappa shape index (κ2) is 8.66. The minimum Gasteiger partial charge on any atom is -0.457 e. The Morgan fingerprint density at radius 2 is 1.61 bits per heavy atom. The molecule has 0 spiro atoms. The smallest absolute Gasteiger partial charge is 0.296 e. The lowest BCUT2D eigenvalue weighted by Gasteiger charge is -2.23. The lowest BCUT2D eigenvalue weighted by Crippen LogP contribution is -2.24. The number of rotatable bonds is 6. The summed E-state index contributed by atoms with van der Waals surface area (Å²) >= 11 is 6.20. The average Bonchev–Trinajstić information content (AvgIpc) is 2.87. The third-order valence-electron chi connectivity index (χ3n) is 5.18. The standard InChI is InChI=1S/C22H18ClNO6S/c23-15-10-11-22-18(12-15)20(14-29-31(27,28)16-6-2-1-3-7-16)19(13-24(25)26)17-8-4-5-9-21(17)30-22/h1-12,19-20H,13-14H2. The summed E-state index contributed by atoms with van der Waals surface area (Å²) in [5.41, 5.74) is 1.16. The summed E-state index contributed by atoms with van der Waals surface area (Å²) in [6.07, 6.45) is 0. The molecule has 1 aliphatic heterocycles. The van der Waals surface area contributed by atoms with E-state index in [0.717, 1.165) is 0 Å². The molecule has 0 saturated heterocycles. The van der Waals surface area contributed by atoms with Gasteiger partial charge < -0.3 is 4.74 Å². The number of halogens is 1. The molecular formula is C22H18ClNO6S. The summed E-state index contributed by atoms with van der Waals surface area (Å²) in [7, 11) is -4.06. The lowest BCUT2D eigenvalue weighted by atomic mass is 9.82. The topological polar surface area (TPSA) is 95.7 Å². The SMILES string of the molecule is O=[N+]([O-])CC1c2ccccc2Oc2ccc(Cl)cc2C1COS(=O)(=O)c1ccccc1. The fraction of sp³-hybridized carbons (Fsp3) is 0.182. The summed E-state index contributed by atoms with van der Waals surface area (Å²) in [6, 6.07) is 19.7. The Kier molecular flexibility index (Phi) is 5.95. The van der Waals surface area contributed by atoms with Crippen molar-refractivity contribution in [2.24, 2.45) is 0 Å². The maximum absolute atomic E-state index is 12.7. The molecule has 9 heteroatoms. The van der Waals surface area contributed by atoms with Crippen molar-refractivity contribution in [2.75, 3.05) is 13.2 Å². The van der Waals surface area contributed by atoms with Crippen LogP contribution in [0.5, 0.6) is 11.5 Å². The fourth-order valence-electron chi connectivity index (χ4n) is 3.74. The van der Waals surface area contributed by atoms with Gasteiger partial charge in [0.1, 0.15) is 11.5 Å². The van der Waals surface area contributed by atoms with E-state index < -0.39 is 33.4 Å². The molecule has 0 aromatic heterocycles. The third-order valence-corrected chi connectivity index (χ3v) is 6.71. The van der Waals surface area contributed by atoms with E-state index in [0.29, 0.717) is 27.6 Å². The van der Waals surface area contributed by atoms with Crippen LogP contribution in [-0.4, -0.2) is 26.5 Å². The molecule has 3 aromatic rings. The van der Waals surface area contributed by atoms with E-state index in [1.165, 1.54) is 12.1 Å². The molecule has 0 radical (unpaired) electrons. The normalized spacial score (nSPS) is 17.7. The molecule has 0 aliphatic carbocycles. The Bertz CT molecular complexity index is 1220. The molecule has 0 amide bonds. The highest BCUT2D eigenvalue weighted by atomic mass is 35.5. The van der Waals surface area contributed by atoms with Crippen molar-refractivity contribution in [1.82, 2.24) is 0 Å². The van der Waals surface area contributed by atoms with E-state index in [1.807, 2.05) is 0 Å². The largest absolute Gasteiger partial charge is 0.457 e. The van der Waals surface area contributed by atoms with Crippen LogP contribution in [0.25, 0.3) is 0 Å². The van der Waals surface area contributed by atoms with Crippen molar-refractivity contribution >= 4 is 21.7 Å². The van der Waals surface area contributed by atoms with Crippen LogP contribution in [0, 0.1) is 10.1 Å². The summed E-state index contributed by atoms with van der Waals surface area (Å²) in [5, 5.41) is 11.9. The van der Waals surface area contributed by atoms with Gasteiger partial charge in [-0.3, -0.25) is 14.3 Å². The Morgan fingerprint density at radius 3 is 2.35 bits per heavy atom. The van der Waals surface area contributed by atoms with Crippen LogP contribution >= 0.6 is 11.6 Å². The summed E-state index contributed by atoms with van der Waals surface area (Å²) < 4.78 is 36.8. The first kappa shape index (κ1) is 21.3. The molecule has 2 unspecified atom stereocenters. The maximum Gasteiger partial charge on any atom is 0.296 e. The van der Waals surface area contributed by atoms with Gasteiger partial charge in [-0.15, -0.1) is 0 Å². The van der Waals surface area contributed by atoms with Crippen molar-refractivity contribution in [3.8, 4) is 11.5 Å². The van der Waals surface area contributed by atoms with E-state index in [-0.39, 0.29) is 11.5 Å². The minimum absolute atomic E-state index is 0.0115. The van der Waals surface area contributed by atoms with Gasteiger partial charge in [0, 0.05) is 27.0 Å². The predicted octanol–water partition coefficient (Wildman–Crippen LogP) is 5.00. The molecule has 1 heterocycles. The van der Waals surface area contributed by atoms with E-state index in [1.54, 1.807) is 60.7 Å². The number of nitrogens with zero attached hydrogens (tertiary/aromatic N) is 1. The molecular weight excluding hydrogens is 442 g/mol. The third kappa shape index (κ3) is 4.56. The molecule has 0 saturated carbocycles. The van der Waals surface area contributed by atoms with Gasteiger partial charge in [-0.05, 0) is 36.4 Å². The Balaban J connectivity index is 1.78. The molecule has 1 aliphatic rings. The monoisotopic (exact) mass is 459 g/mol. The molecule has 3 aromatic carbocycles. The number of para-hydroxylation sites is 1. The van der Waals surface area contributed by atoms with Crippen LogP contribution in [0.2, 0.25) is 5.02 Å². The number of ether oxygens (including phenoxy) is 1. The highest BCUT2D eigenvalue weighted by Crippen LogP contribution is 2.47. The summed E-state index contributed by atoms with van der Waals surface area (Å²) in [4.78, 5) is 11.1. The zero-order valence-electron chi connectivity index (χ0n) is 16.2. The fourth-order valence-corrected chi connectivity index (χ4v) is 4.88. The average molecular weight is 460 g/mol. The first-order valence-corrected chi connectivity index (χ1v) is 11.3. The van der Waals surface area contributed by atoms with Gasteiger partial charge in [0.15, 0.2) is 0 Å². The number of hydrogen-bond acceptors (Lipinski definition) is 6. The van der Waals surface area contributed by atoms with Crippen LogP contribution in [-0.2, 0) is 14.3 Å². The van der Waals surface area contributed by atoms with Crippen molar-refractivity contribution < 1.29 is 22.3 Å². The molecule has 160 valence electrons. The van der Waals surface area contributed by atoms with Gasteiger partial charge in [0.2, 0.25) is 6.54 Å². The number of hydrogen-bond donors (Lipinski definition) is 0. The molecule has 0 fully saturated rings. The Morgan fingerprint density at radius 1 is 0.935 bits per heavy atom. The van der Waals surface area contributed by atoms with E-state index >= 15 is 0 Å². The van der Waals surface area contributed by atoms with Crippen molar-refractivity contribution in [3.05, 3.63) is 99.1 Å². The summed E-state index contributed by atoms with van der Waals surface area (Å²) in [6.45, 7) is -0.730. The zero-order chi connectivity index (χ0) is 22.0. The number of nitro groups is 1. The molecule has 7 nitrogen and oxygen atoms in total. The lowest BCUT2D eigenvalue weighted by molar-refractivity contribution is -0.484. The van der Waals surface area contributed by atoms with E-state index in [2.05, 4.69) is 0 Å². The van der Waals surface area contributed by atoms with Crippen molar-refractivity contribution in [3.63, 3.8) is 0 Å². The highest BCUT2D eigenvalue weighted by molar-refractivity contribution is 7.86. The first-order valence-electron chi connectivity index (χ1n) is 9.47. The maximum atomic E-state index is 12.7. The zero-order valence-corrected chi connectivity index (χ0v) is 17.8. The second-order valence-corrected chi connectivity index (χ2v) is 9.15. The molecule has 0 N–H and O–H groups in total. The molecule has 31 heavy (non-hydrogen) atoms. The number of benzene rings is 3. The van der Waals surface area contributed by atoms with Gasteiger partial charge in [-0.2, -0.15) is 8.42 Å². The van der Waals surface area contributed by atoms with Gasteiger partial charge in [0.25, 0.3) is 10.1 Å². The minimum atomic E-state index is -4.06. The second-order valence-electron chi connectivity index (χ2n) is 7.10. The predicted molar refractivity (Wildman–Crippen MR) is 115 cm³/mol. The van der Waals surface area contributed by atoms with Crippen LogP contribution in [0.3, 0.4) is 0 Å². The molecule has 0 bridgehead atoms. The van der Waals surface area contributed by atoms with Crippen LogP contribution in [0.1, 0.15) is 23.0 Å². The first-order chi connectivity index (χ1) is 14.8. The van der Waals surface area contributed by atoms with Crippen molar-refractivity contribution in [2.45, 2.75) is 16.7 Å². The van der Waals surface area contributed by atoms with Gasteiger partial charge in [0.05, 0.1) is 17.4 Å². The van der Waals surface area contributed by atoms with Gasteiger partial charge in [-0.1, -0.05) is 48.0 Å². The van der Waals surface area contributed by atoms with E-state index in [9.17, 15) is 18.5 Å². The highest BCUT2D eigenvalue weighted by Gasteiger charge is 2.37. The van der Waals surface area contributed by atoms with E-state index in [4.69, 9.17) is 20.5 Å². The van der Waals surface area contributed by atoms with Gasteiger partial charge >= 0.3 is 0 Å². The van der Waals surface area contributed by atoms with Gasteiger partial charge in [-0.25, -0.2) is 0 Å². The van der Waals surface area contributed by atoms with Crippen LogP contribution in [0.4, 0.5) is 0 Å². The Labute approximate surface area is 184 Å². The molecule has 4 rings (SSSR count).